The molecule has 1 fully saturated rings. The van der Waals surface area contributed by atoms with Gasteiger partial charge in [-0.1, -0.05) is 23.2 Å². The molecule has 1 aromatic carbocycles. The van der Waals surface area contributed by atoms with Gasteiger partial charge in [-0.05, 0) is 43.5 Å². The summed E-state index contributed by atoms with van der Waals surface area (Å²) in [6.07, 6.45) is 2.46. The molecule has 7 nitrogen and oxygen atoms in total. The zero-order chi connectivity index (χ0) is 17.8. The van der Waals surface area contributed by atoms with E-state index in [0.717, 1.165) is 12.0 Å². The van der Waals surface area contributed by atoms with Gasteiger partial charge in [-0.25, -0.2) is 0 Å². The lowest BCUT2D eigenvalue weighted by molar-refractivity contribution is -0.144. The average Bonchev–Trinajstić information content (AvgIpc) is 3.09. The molecule has 1 heterocycles. The van der Waals surface area contributed by atoms with E-state index in [0.29, 0.717) is 36.0 Å². The number of aromatic nitrogens is 2. The summed E-state index contributed by atoms with van der Waals surface area (Å²) >= 11 is 5.84. The van der Waals surface area contributed by atoms with E-state index in [1.165, 1.54) is 0 Å². The summed E-state index contributed by atoms with van der Waals surface area (Å²) in [5.74, 6) is -1.01. The maximum atomic E-state index is 12.2. The number of benzene rings is 1. The Morgan fingerprint density at radius 2 is 1.96 bits per heavy atom. The van der Waals surface area contributed by atoms with Crippen LogP contribution in [-0.2, 0) is 16.1 Å². The summed E-state index contributed by atoms with van der Waals surface area (Å²) < 4.78 is 5.14. The molecule has 8 heteroatoms. The molecule has 1 aliphatic rings. The zero-order valence-corrected chi connectivity index (χ0v) is 14.2. The molecule has 2 aromatic rings. The largest absolute Gasteiger partial charge is 0.481 e. The highest BCUT2D eigenvalue weighted by atomic mass is 35.5. The van der Waals surface area contributed by atoms with Gasteiger partial charge in [0, 0.05) is 16.5 Å². The van der Waals surface area contributed by atoms with Gasteiger partial charge in [0.15, 0.2) is 0 Å². The summed E-state index contributed by atoms with van der Waals surface area (Å²) in [6, 6.07) is 7.03. The van der Waals surface area contributed by atoms with Crippen LogP contribution in [0.15, 0.2) is 28.8 Å². The number of hydrogen-bond donors (Lipinski definition) is 2. The first-order chi connectivity index (χ1) is 12.0. The first-order valence-corrected chi connectivity index (χ1v) is 8.50. The molecular weight excluding hydrogens is 346 g/mol. The summed E-state index contributed by atoms with van der Waals surface area (Å²) in [4.78, 5) is 27.6. The minimum atomic E-state index is -0.831. The molecule has 1 amide bonds. The molecule has 0 bridgehead atoms. The van der Waals surface area contributed by atoms with Gasteiger partial charge in [0.05, 0.1) is 12.5 Å². The Balaban J connectivity index is 1.56. The molecule has 1 saturated carbocycles. The molecule has 3 rings (SSSR count). The maximum Gasteiger partial charge on any atom is 0.306 e. The fraction of sp³-hybridized carbons (Fsp3) is 0.412. The van der Waals surface area contributed by atoms with Gasteiger partial charge in [0.2, 0.25) is 17.6 Å². The number of carboxylic acids is 1. The molecule has 0 spiro atoms. The lowest BCUT2D eigenvalue weighted by Crippen LogP contribution is -2.35. The zero-order valence-electron chi connectivity index (χ0n) is 13.4. The first-order valence-electron chi connectivity index (χ1n) is 8.12. The average molecular weight is 364 g/mol. The topological polar surface area (TPSA) is 105 Å². The monoisotopic (exact) mass is 363 g/mol. The SMILES string of the molecule is O=C(O)C1CCCC(C(=O)NCc2nc(-c3ccc(Cl)cc3)no2)C1. The number of nitrogens with one attached hydrogen (secondary N) is 1. The fourth-order valence-corrected chi connectivity index (χ4v) is 3.13. The van der Waals surface area contributed by atoms with Gasteiger partial charge in [-0.3, -0.25) is 9.59 Å². The van der Waals surface area contributed by atoms with Crippen molar-refractivity contribution in [2.75, 3.05) is 0 Å². The quantitative estimate of drug-likeness (QED) is 0.846. The summed E-state index contributed by atoms with van der Waals surface area (Å²) in [6.45, 7) is 0.119. The number of amides is 1. The van der Waals surface area contributed by atoms with E-state index in [-0.39, 0.29) is 18.4 Å². The number of rotatable bonds is 5. The van der Waals surface area contributed by atoms with E-state index in [4.69, 9.17) is 21.2 Å². The van der Waals surface area contributed by atoms with Gasteiger partial charge < -0.3 is 14.9 Å². The highest BCUT2D eigenvalue weighted by molar-refractivity contribution is 6.30. The van der Waals surface area contributed by atoms with Crippen LogP contribution in [0.1, 0.15) is 31.6 Å². The van der Waals surface area contributed by atoms with E-state index in [1.807, 2.05) is 0 Å². The van der Waals surface area contributed by atoms with E-state index in [2.05, 4.69) is 15.5 Å². The van der Waals surface area contributed by atoms with E-state index in [1.54, 1.807) is 24.3 Å². The number of carbonyl (C=O) groups excluding carboxylic acids is 1. The second-order valence-electron chi connectivity index (χ2n) is 6.14. The van der Waals surface area contributed by atoms with Crippen molar-refractivity contribution >= 4 is 23.5 Å². The predicted molar refractivity (Wildman–Crippen MR) is 89.7 cm³/mol. The van der Waals surface area contributed by atoms with Crippen LogP contribution in [-0.4, -0.2) is 27.1 Å². The second kappa shape index (κ2) is 7.65. The van der Waals surface area contributed by atoms with Gasteiger partial charge in [-0.2, -0.15) is 4.98 Å². The van der Waals surface area contributed by atoms with Crippen molar-refractivity contribution in [1.29, 1.82) is 0 Å². The summed E-state index contributed by atoms with van der Waals surface area (Å²) in [7, 11) is 0. The van der Waals surface area contributed by atoms with Crippen molar-refractivity contribution in [1.82, 2.24) is 15.5 Å². The minimum absolute atomic E-state index is 0.119. The van der Waals surface area contributed by atoms with Crippen molar-refractivity contribution in [3.8, 4) is 11.4 Å². The lowest BCUT2D eigenvalue weighted by atomic mass is 9.81. The van der Waals surface area contributed by atoms with E-state index < -0.39 is 11.9 Å². The first kappa shape index (κ1) is 17.4. The van der Waals surface area contributed by atoms with Gasteiger partial charge in [0.25, 0.3) is 0 Å². The highest BCUT2D eigenvalue weighted by Gasteiger charge is 2.31. The van der Waals surface area contributed by atoms with Crippen LogP contribution >= 0.6 is 11.6 Å². The number of carboxylic acid groups (broad SMARTS) is 1. The lowest BCUT2D eigenvalue weighted by Gasteiger charge is -2.25. The van der Waals surface area contributed by atoms with Crippen molar-refractivity contribution in [3.63, 3.8) is 0 Å². The number of hydrogen-bond acceptors (Lipinski definition) is 5. The summed E-state index contributed by atoms with van der Waals surface area (Å²) in [5, 5.41) is 16.4. The smallest absolute Gasteiger partial charge is 0.306 e. The normalized spacial score (nSPS) is 20.2. The van der Waals surface area contributed by atoms with Crippen LogP contribution in [0.5, 0.6) is 0 Å². The second-order valence-corrected chi connectivity index (χ2v) is 6.57. The van der Waals surface area contributed by atoms with Crippen LogP contribution in [0.2, 0.25) is 5.02 Å². The fourth-order valence-electron chi connectivity index (χ4n) is 3.00. The highest BCUT2D eigenvalue weighted by Crippen LogP contribution is 2.29. The van der Waals surface area contributed by atoms with Crippen molar-refractivity contribution in [3.05, 3.63) is 35.2 Å². The molecule has 2 N–H and O–H groups in total. The minimum Gasteiger partial charge on any atom is -0.481 e. The van der Waals surface area contributed by atoms with Crippen LogP contribution in [0.3, 0.4) is 0 Å². The third-order valence-corrected chi connectivity index (χ3v) is 4.63. The van der Waals surface area contributed by atoms with Gasteiger partial charge in [0.1, 0.15) is 0 Å². The van der Waals surface area contributed by atoms with Gasteiger partial charge >= 0.3 is 5.97 Å². The number of carbonyl (C=O) groups is 2. The number of halogens is 1. The molecule has 2 atom stereocenters. The Morgan fingerprint density at radius 1 is 1.24 bits per heavy atom. The van der Waals surface area contributed by atoms with Crippen molar-refractivity contribution in [2.24, 2.45) is 11.8 Å². The molecule has 1 aromatic heterocycles. The molecule has 2 unspecified atom stereocenters. The molecule has 25 heavy (non-hydrogen) atoms. The molecule has 132 valence electrons. The van der Waals surface area contributed by atoms with E-state index >= 15 is 0 Å². The molecule has 0 radical (unpaired) electrons. The van der Waals surface area contributed by atoms with E-state index in [9.17, 15) is 9.59 Å². The number of aliphatic carboxylic acids is 1. The Hall–Kier alpha value is -2.41. The molecule has 1 aliphatic carbocycles. The molecule has 0 saturated heterocycles. The van der Waals surface area contributed by atoms with Crippen molar-refractivity contribution in [2.45, 2.75) is 32.2 Å². The predicted octanol–water partition coefficient (Wildman–Crippen LogP) is 2.90. The Kier molecular flexibility index (Phi) is 5.33. The number of nitrogens with zero attached hydrogens (tertiary/aromatic N) is 2. The Labute approximate surface area is 149 Å². The van der Waals surface area contributed by atoms with Gasteiger partial charge in [-0.15, -0.1) is 0 Å². The molecular formula is C17H18ClN3O4. The van der Waals surface area contributed by atoms with Crippen LogP contribution < -0.4 is 5.32 Å². The van der Waals surface area contributed by atoms with Crippen LogP contribution in [0, 0.1) is 11.8 Å². The summed E-state index contributed by atoms with van der Waals surface area (Å²) in [5.41, 5.74) is 0.766. The standard InChI is InChI=1S/C17H18ClN3O4/c18-13-6-4-10(5-7-13)15-20-14(25-21-15)9-19-16(22)11-2-1-3-12(8-11)17(23)24/h4-7,11-12H,1-3,8-9H2,(H,19,22)(H,23,24). The third-order valence-electron chi connectivity index (χ3n) is 4.38. The Morgan fingerprint density at radius 3 is 2.68 bits per heavy atom. The van der Waals surface area contributed by atoms with Crippen LogP contribution in [0.25, 0.3) is 11.4 Å². The Bertz CT molecular complexity index is 760. The molecule has 0 aliphatic heterocycles. The maximum absolute atomic E-state index is 12.2. The van der Waals surface area contributed by atoms with Crippen molar-refractivity contribution < 1.29 is 19.2 Å². The van der Waals surface area contributed by atoms with Crippen LogP contribution in [0.4, 0.5) is 0 Å². The third kappa shape index (κ3) is 4.36.